The molecule has 1 heterocycles. The molecule has 0 fully saturated rings. The summed E-state index contributed by atoms with van der Waals surface area (Å²) >= 11 is 1.51. The van der Waals surface area contributed by atoms with Crippen LogP contribution in [-0.2, 0) is 16.6 Å². The Balaban J connectivity index is 2.36. The first-order valence-electron chi connectivity index (χ1n) is 3.66. The van der Waals surface area contributed by atoms with Crippen molar-refractivity contribution in [3.8, 4) is 0 Å². The molecule has 0 atom stereocenters. The van der Waals surface area contributed by atoms with Crippen LogP contribution < -0.4 is 9.86 Å². The average molecular weight is 221 g/mol. The summed E-state index contributed by atoms with van der Waals surface area (Å²) in [5.74, 6) is 0. The van der Waals surface area contributed by atoms with Gasteiger partial charge >= 0.3 is 0 Å². The Morgan fingerprint density at radius 1 is 1.69 bits per heavy atom. The molecule has 0 unspecified atom stereocenters. The van der Waals surface area contributed by atoms with E-state index in [1.165, 1.54) is 11.3 Å². The first-order chi connectivity index (χ1) is 5.97. The van der Waals surface area contributed by atoms with Crippen molar-refractivity contribution in [1.29, 1.82) is 0 Å². The number of hydrogen-bond acceptors (Lipinski definition) is 4. The fourth-order valence-corrected chi connectivity index (χ4v) is 1.98. The summed E-state index contributed by atoms with van der Waals surface area (Å²) in [5, 5.41) is 7.58. The Morgan fingerprint density at radius 2 is 2.38 bits per heavy atom. The molecule has 0 aliphatic heterocycles. The van der Waals surface area contributed by atoms with Gasteiger partial charge in [-0.05, 0) is 6.92 Å². The highest BCUT2D eigenvalue weighted by Gasteiger charge is 2.02. The van der Waals surface area contributed by atoms with E-state index in [9.17, 15) is 8.42 Å². The summed E-state index contributed by atoms with van der Waals surface area (Å²) in [6, 6.07) is 0. The standard InChI is InChI=1S/C6H11N3O2S2/c1-5-4-12-6(9-5)2-3-8-13(7,10)11/h4,8H,2-3H2,1H3,(H2,7,10,11). The first kappa shape index (κ1) is 10.6. The molecule has 0 saturated carbocycles. The quantitative estimate of drug-likeness (QED) is 0.737. The van der Waals surface area contributed by atoms with Crippen LogP contribution in [-0.4, -0.2) is 19.9 Å². The maximum Gasteiger partial charge on any atom is 0.274 e. The lowest BCUT2D eigenvalue weighted by atomic mass is 10.4. The second-order valence-electron chi connectivity index (χ2n) is 2.57. The monoisotopic (exact) mass is 221 g/mol. The van der Waals surface area contributed by atoms with Gasteiger partial charge in [0.25, 0.3) is 10.2 Å². The molecule has 1 aromatic rings. The molecule has 0 radical (unpaired) electrons. The number of rotatable bonds is 4. The molecule has 1 aromatic heterocycles. The third-order valence-electron chi connectivity index (χ3n) is 1.31. The fraction of sp³-hybridized carbons (Fsp3) is 0.500. The van der Waals surface area contributed by atoms with Gasteiger partial charge in [-0.1, -0.05) is 0 Å². The van der Waals surface area contributed by atoms with E-state index in [4.69, 9.17) is 5.14 Å². The van der Waals surface area contributed by atoms with Crippen LogP contribution in [0, 0.1) is 6.92 Å². The predicted molar refractivity (Wildman–Crippen MR) is 51.7 cm³/mol. The molecule has 7 heteroatoms. The largest absolute Gasteiger partial charge is 0.274 e. The Labute approximate surface area is 81.2 Å². The van der Waals surface area contributed by atoms with Crippen molar-refractivity contribution in [2.24, 2.45) is 5.14 Å². The van der Waals surface area contributed by atoms with Gasteiger partial charge in [-0.15, -0.1) is 11.3 Å². The van der Waals surface area contributed by atoms with Gasteiger partial charge < -0.3 is 0 Å². The minimum Gasteiger partial charge on any atom is -0.247 e. The minimum atomic E-state index is -3.56. The zero-order valence-corrected chi connectivity index (χ0v) is 8.78. The van der Waals surface area contributed by atoms with Crippen molar-refractivity contribution in [3.63, 3.8) is 0 Å². The van der Waals surface area contributed by atoms with E-state index < -0.39 is 10.2 Å². The average Bonchev–Trinajstić information content (AvgIpc) is 2.33. The van der Waals surface area contributed by atoms with Gasteiger partial charge in [0.15, 0.2) is 0 Å². The van der Waals surface area contributed by atoms with Gasteiger partial charge in [-0.3, -0.25) is 0 Å². The van der Waals surface area contributed by atoms with E-state index in [2.05, 4.69) is 9.71 Å². The van der Waals surface area contributed by atoms with Gasteiger partial charge in [0, 0.05) is 24.0 Å². The third-order valence-corrected chi connectivity index (χ3v) is 2.94. The molecule has 0 bridgehead atoms. The molecule has 0 amide bonds. The molecular weight excluding hydrogens is 210 g/mol. The SMILES string of the molecule is Cc1csc(CCNS(N)(=O)=O)n1. The van der Waals surface area contributed by atoms with E-state index >= 15 is 0 Å². The summed E-state index contributed by atoms with van der Waals surface area (Å²) in [6.07, 6.45) is 0.578. The zero-order valence-electron chi connectivity index (χ0n) is 7.15. The first-order valence-corrected chi connectivity index (χ1v) is 6.08. The number of nitrogens with one attached hydrogen (secondary N) is 1. The lowest BCUT2D eigenvalue weighted by molar-refractivity contribution is 0.583. The summed E-state index contributed by atoms with van der Waals surface area (Å²) in [5.41, 5.74) is 0.954. The van der Waals surface area contributed by atoms with Crippen LogP contribution in [0.1, 0.15) is 10.7 Å². The Bertz CT molecular complexity index is 371. The number of aromatic nitrogens is 1. The highest BCUT2D eigenvalue weighted by molar-refractivity contribution is 7.87. The van der Waals surface area contributed by atoms with E-state index in [1.54, 1.807) is 0 Å². The van der Waals surface area contributed by atoms with E-state index in [0.717, 1.165) is 10.7 Å². The van der Waals surface area contributed by atoms with Crippen LogP contribution in [0.25, 0.3) is 0 Å². The molecule has 1 rings (SSSR count). The van der Waals surface area contributed by atoms with Gasteiger partial charge in [0.05, 0.1) is 5.01 Å². The molecule has 0 aromatic carbocycles. The maximum atomic E-state index is 10.5. The van der Waals surface area contributed by atoms with Crippen LogP contribution in [0.3, 0.4) is 0 Å². The van der Waals surface area contributed by atoms with Crippen LogP contribution in [0.15, 0.2) is 5.38 Å². The number of nitrogens with two attached hydrogens (primary N) is 1. The smallest absolute Gasteiger partial charge is 0.247 e. The van der Waals surface area contributed by atoms with Crippen LogP contribution in [0.5, 0.6) is 0 Å². The maximum absolute atomic E-state index is 10.5. The number of nitrogens with zero attached hydrogens (tertiary/aromatic N) is 1. The van der Waals surface area contributed by atoms with Gasteiger partial charge in [-0.2, -0.15) is 8.42 Å². The lowest BCUT2D eigenvalue weighted by Gasteiger charge is -1.98. The zero-order chi connectivity index (χ0) is 9.90. The second-order valence-corrected chi connectivity index (χ2v) is 4.89. The van der Waals surface area contributed by atoms with Crippen molar-refractivity contribution >= 4 is 21.5 Å². The Kier molecular flexibility index (Phi) is 3.37. The Morgan fingerprint density at radius 3 is 2.85 bits per heavy atom. The highest BCUT2D eigenvalue weighted by Crippen LogP contribution is 2.08. The highest BCUT2D eigenvalue weighted by atomic mass is 32.2. The third kappa shape index (κ3) is 4.32. The van der Waals surface area contributed by atoms with Gasteiger partial charge in [0.1, 0.15) is 0 Å². The molecular formula is C6H11N3O2S2. The van der Waals surface area contributed by atoms with Crippen LogP contribution in [0.4, 0.5) is 0 Å². The van der Waals surface area contributed by atoms with Crippen LogP contribution in [0.2, 0.25) is 0 Å². The van der Waals surface area contributed by atoms with Crippen molar-refractivity contribution < 1.29 is 8.42 Å². The number of hydrogen-bond donors (Lipinski definition) is 2. The molecule has 0 aliphatic carbocycles. The molecule has 0 aliphatic rings. The molecule has 0 saturated heterocycles. The number of thiazole rings is 1. The summed E-state index contributed by atoms with van der Waals surface area (Å²) in [4.78, 5) is 4.17. The summed E-state index contributed by atoms with van der Waals surface area (Å²) in [7, 11) is -3.56. The van der Waals surface area contributed by atoms with Crippen molar-refractivity contribution in [1.82, 2.24) is 9.71 Å². The Hall–Kier alpha value is -0.500. The van der Waals surface area contributed by atoms with Gasteiger partial charge in [-0.25, -0.2) is 14.8 Å². The summed E-state index contributed by atoms with van der Waals surface area (Å²) < 4.78 is 23.1. The molecule has 13 heavy (non-hydrogen) atoms. The molecule has 74 valence electrons. The van der Waals surface area contributed by atoms with E-state index in [-0.39, 0.29) is 0 Å². The fourth-order valence-electron chi connectivity index (χ4n) is 0.818. The van der Waals surface area contributed by atoms with Crippen LogP contribution >= 0.6 is 11.3 Å². The van der Waals surface area contributed by atoms with Gasteiger partial charge in [0.2, 0.25) is 0 Å². The molecule has 3 N–H and O–H groups in total. The number of aryl methyl sites for hydroxylation is 1. The lowest BCUT2D eigenvalue weighted by Crippen LogP contribution is -2.32. The molecule has 0 spiro atoms. The summed E-state index contributed by atoms with van der Waals surface area (Å²) in [6.45, 7) is 2.19. The van der Waals surface area contributed by atoms with Crippen molar-refractivity contribution in [3.05, 3.63) is 16.1 Å². The minimum absolute atomic E-state index is 0.297. The van der Waals surface area contributed by atoms with E-state index in [0.29, 0.717) is 13.0 Å². The second kappa shape index (κ2) is 4.14. The molecule has 5 nitrogen and oxygen atoms in total. The van der Waals surface area contributed by atoms with Crippen molar-refractivity contribution in [2.45, 2.75) is 13.3 Å². The van der Waals surface area contributed by atoms with E-state index in [1.807, 2.05) is 12.3 Å². The topological polar surface area (TPSA) is 85.1 Å². The normalized spacial score (nSPS) is 11.8. The van der Waals surface area contributed by atoms with Crippen molar-refractivity contribution in [2.75, 3.05) is 6.54 Å². The predicted octanol–water partition coefficient (Wildman–Crippen LogP) is -0.213.